The van der Waals surface area contributed by atoms with Crippen LogP contribution >= 0.6 is 0 Å². The second-order valence-corrected chi connectivity index (χ2v) is 11.1. The Balaban J connectivity index is 0.000000348. The highest BCUT2D eigenvalue weighted by molar-refractivity contribution is 8.00. The van der Waals surface area contributed by atoms with Gasteiger partial charge in [-0.05, 0) is 82.8 Å². The molecule has 0 saturated carbocycles. The predicted molar refractivity (Wildman–Crippen MR) is 153 cm³/mol. The van der Waals surface area contributed by atoms with E-state index in [0.29, 0.717) is 4.91 Å². The molecule has 5 heteroatoms. The fraction of sp³-hybridized carbons (Fsp3) is 0.156. The van der Waals surface area contributed by atoms with Crippen LogP contribution in [-0.2, 0) is 29.1 Å². The molecular weight excluding hydrogens is 476 g/mol. The molecule has 0 amide bonds. The van der Waals surface area contributed by atoms with E-state index in [1.54, 1.807) is 18.5 Å². The number of nitrogens with zero attached hydrogens (tertiary/aromatic N) is 1. The molecule has 3 aromatic rings. The maximum atomic E-state index is 13.2. The molecule has 0 atom stereocenters. The number of aromatic nitrogens is 1. The lowest BCUT2D eigenvalue weighted by atomic mass is 9.79. The van der Waals surface area contributed by atoms with Gasteiger partial charge in [-0.25, -0.2) is 8.42 Å². The summed E-state index contributed by atoms with van der Waals surface area (Å²) in [6.45, 7) is 0. The third kappa shape index (κ3) is 5.73. The summed E-state index contributed by atoms with van der Waals surface area (Å²) in [6.07, 6.45) is 24.1. The Bertz CT molecular complexity index is 1510. The van der Waals surface area contributed by atoms with Crippen LogP contribution < -0.4 is 5.32 Å². The second-order valence-electron chi connectivity index (χ2n) is 9.12. The molecule has 2 aliphatic carbocycles. The van der Waals surface area contributed by atoms with Crippen molar-refractivity contribution in [3.8, 4) is 11.1 Å². The van der Waals surface area contributed by atoms with Gasteiger partial charge in [0.25, 0.3) is 0 Å². The van der Waals surface area contributed by atoms with Crippen molar-refractivity contribution in [2.75, 3.05) is 5.75 Å². The quantitative estimate of drug-likeness (QED) is 0.443. The molecule has 1 aliphatic heterocycles. The van der Waals surface area contributed by atoms with Crippen molar-refractivity contribution in [2.24, 2.45) is 0 Å². The average molecular weight is 507 g/mol. The fourth-order valence-corrected chi connectivity index (χ4v) is 6.47. The molecule has 2 heterocycles. The first-order chi connectivity index (χ1) is 18.1. The zero-order chi connectivity index (χ0) is 25.5. The number of benzene rings is 2. The van der Waals surface area contributed by atoms with Gasteiger partial charge in [0.15, 0.2) is 9.84 Å². The Labute approximate surface area is 219 Å². The number of hydrogen-bond donors (Lipinski definition) is 1. The lowest BCUT2D eigenvalue weighted by Crippen LogP contribution is -2.15. The average Bonchev–Trinajstić information content (AvgIpc) is 3.26. The zero-order valence-corrected chi connectivity index (χ0v) is 21.5. The molecule has 1 N–H and O–H groups in total. The Morgan fingerprint density at radius 3 is 2.41 bits per heavy atom. The highest BCUT2D eigenvalue weighted by Crippen LogP contribution is 2.41. The summed E-state index contributed by atoms with van der Waals surface area (Å²) in [5.74, 6) is -0.00686. The third-order valence-corrected chi connectivity index (χ3v) is 8.42. The van der Waals surface area contributed by atoms with Gasteiger partial charge in [-0.2, -0.15) is 0 Å². The van der Waals surface area contributed by atoms with Crippen molar-refractivity contribution in [3.63, 3.8) is 0 Å². The maximum Gasteiger partial charge on any atom is 0.182 e. The molecule has 2 aromatic carbocycles. The number of rotatable bonds is 4. The van der Waals surface area contributed by atoms with Crippen LogP contribution in [-0.4, -0.2) is 19.2 Å². The lowest BCUT2D eigenvalue weighted by molar-refractivity contribution is 0.608. The summed E-state index contributed by atoms with van der Waals surface area (Å²) >= 11 is 0. The van der Waals surface area contributed by atoms with Crippen molar-refractivity contribution in [3.05, 3.63) is 138 Å². The van der Waals surface area contributed by atoms with Crippen LogP contribution in [0.3, 0.4) is 0 Å². The van der Waals surface area contributed by atoms with Crippen LogP contribution in [0.4, 0.5) is 0 Å². The van der Waals surface area contributed by atoms with E-state index in [0.717, 1.165) is 36.8 Å². The Hall–Kier alpha value is -3.96. The smallest absolute Gasteiger partial charge is 0.182 e. The lowest BCUT2D eigenvalue weighted by Gasteiger charge is -2.27. The van der Waals surface area contributed by atoms with Crippen LogP contribution in [0.2, 0.25) is 0 Å². The van der Waals surface area contributed by atoms with Gasteiger partial charge in [-0.15, -0.1) is 0 Å². The first kappa shape index (κ1) is 24.7. The predicted octanol–water partition coefficient (Wildman–Crippen LogP) is 6.44. The molecule has 186 valence electrons. The molecule has 0 fully saturated rings. The molecule has 37 heavy (non-hydrogen) atoms. The SMILES string of the molecule is C1=CC=CNC=C1.O=S(=O)(CC=Cc1cccnc1)C1=CCCc2c1ccc1c2CCc2ccccc2-1. The van der Waals surface area contributed by atoms with E-state index in [-0.39, 0.29) is 5.75 Å². The number of hydrogen-bond acceptors (Lipinski definition) is 4. The fourth-order valence-electron chi connectivity index (χ4n) is 5.04. The second kappa shape index (κ2) is 11.4. The largest absolute Gasteiger partial charge is 0.368 e. The minimum atomic E-state index is -3.40. The summed E-state index contributed by atoms with van der Waals surface area (Å²) in [5, 5.41) is 2.92. The highest BCUT2D eigenvalue weighted by Gasteiger charge is 2.27. The molecule has 4 nitrogen and oxygen atoms in total. The molecule has 6 rings (SSSR count). The van der Waals surface area contributed by atoms with E-state index in [1.807, 2.05) is 67.1 Å². The van der Waals surface area contributed by atoms with Gasteiger partial charge >= 0.3 is 0 Å². The number of nitrogens with one attached hydrogen (secondary N) is 1. The van der Waals surface area contributed by atoms with Gasteiger partial charge in [0.05, 0.1) is 10.7 Å². The number of pyridine rings is 1. The van der Waals surface area contributed by atoms with Crippen LogP contribution in [0.25, 0.3) is 22.1 Å². The topological polar surface area (TPSA) is 59.1 Å². The van der Waals surface area contributed by atoms with Gasteiger partial charge in [0, 0.05) is 24.8 Å². The normalized spacial score (nSPS) is 15.4. The van der Waals surface area contributed by atoms with Crippen molar-refractivity contribution < 1.29 is 8.42 Å². The van der Waals surface area contributed by atoms with E-state index in [4.69, 9.17) is 0 Å². The van der Waals surface area contributed by atoms with Gasteiger partial charge in [-0.1, -0.05) is 72.8 Å². The Morgan fingerprint density at radius 1 is 0.811 bits per heavy atom. The van der Waals surface area contributed by atoms with Crippen molar-refractivity contribution in [2.45, 2.75) is 25.7 Å². The molecule has 0 saturated heterocycles. The van der Waals surface area contributed by atoms with E-state index in [2.05, 4.69) is 40.6 Å². The van der Waals surface area contributed by atoms with Crippen molar-refractivity contribution >= 4 is 20.8 Å². The van der Waals surface area contributed by atoms with Gasteiger partial charge in [0.1, 0.15) is 0 Å². The van der Waals surface area contributed by atoms with Crippen LogP contribution in [0.5, 0.6) is 0 Å². The standard InChI is InChI=1S/C26H23NO2S.C6H7N/c28-30(29,17-5-7-19-6-4-16-27-18-19)26-11-3-10-22-24-13-12-20-8-1-2-9-21(20)23(24)14-15-25(22)26;1-2-4-6-7-5-3-1/h1-2,4-9,11,14-16,18H,3,10,12-13,17H2;1-7H. The highest BCUT2D eigenvalue weighted by atomic mass is 32.2. The van der Waals surface area contributed by atoms with Crippen molar-refractivity contribution in [1.82, 2.24) is 10.3 Å². The summed E-state index contributed by atoms with van der Waals surface area (Å²) in [5.41, 5.74) is 8.29. The van der Waals surface area contributed by atoms with Crippen molar-refractivity contribution in [1.29, 1.82) is 0 Å². The van der Waals surface area contributed by atoms with E-state index >= 15 is 0 Å². The maximum absolute atomic E-state index is 13.2. The van der Waals surface area contributed by atoms with Crippen LogP contribution in [0, 0.1) is 0 Å². The molecule has 3 aliphatic rings. The van der Waals surface area contributed by atoms with Gasteiger partial charge in [0.2, 0.25) is 0 Å². The van der Waals surface area contributed by atoms with Crippen LogP contribution in [0.1, 0.15) is 34.2 Å². The summed E-state index contributed by atoms with van der Waals surface area (Å²) < 4.78 is 26.3. The third-order valence-electron chi connectivity index (χ3n) is 6.74. The van der Waals surface area contributed by atoms with E-state index in [1.165, 1.54) is 27.8 Å². The van der Waals surface area contributed by atoms with Gasteiger partial charge < -0.3 is 5.32 Å². The zero-order valence-electron chi connectivity index (χ0n) is 20.7. The monoisotopic (exact) mass is 506 g/mol. The molecule has 1 aromatic heterocycles. The summed E-state index contributed by atoms with van der Waals surface area (Å²) in [4.78, 5) is 4.55. The van der Waals surface area contributed by atoms with E-state index < -0.39 is 9.84 Å². The van der Waals surface area contributed by atoms with Gasteiger partial charge in [-0.3, -0.25) is 4.98 Å². The first-order valence-electron chi connectivity index (χ1n) is 12.6. The number of allylic oxidation sites excluding steroid dienone is 5. The van der Waals surface area contributed by atoms with Crippen LogP contribution in [0.15, 0.2) is 110 Å². The minimum Gasteiger partial charge on any atom is -0.368 e. The number of aryl methyl sites for hydroxylation is 1. The Morgan fingerprint density at radius 2 is 1.59 bits per heavy atom. The molecule has 0 radical (unpaired) electrons. The molecule has 0 bridgehead atoms. The first-order valence-corrected chi connectivity index (χ1v) is 14.3. The molecule has 0 unspecified atom stereocenters. The Kier molecular flexibility index (Phi) is 7.62. The number of fused-ring (bicyclic) bond motifs is 5. The summed E-state index contributed by atoms with van der Waals surface area (Å²) in [6, 6.07) is 16.4. The summed E-state index contributed by atoms with van der Waals surface area (Å²) in [7, 11) is -3.40. The molecular formula is C32H30N2O2S. The van der Waals surface area contributed by atoms with E-state index in [9.17, 15) is 8.42 Å². The number of sulfone groups is 1. The minimum absolute atomic E-state index is 0.00686. The molecule has 0 spiro atoms.